The summed E-state index contributed by atoms with van der Waals surface area (Å²) in [7, 11) is 0. The lowest BCUT2D eigenvalue weighted by Crippen LogP contribution is -2.29. The predicted octanol–water partition coefficient (Wildman–Crippen LogP) is 12.3. The molecule has 1 aliphatic rings. The Morgan fingerprint density at radius 3 is 1.74 bits per heavy atom. The third kappa shape index (κ3) is 4.61. The zero-order valence-electron chi connectivity index (χ0n) is 28.1. The Morgan fingerprint density at radius 2 is 1.09 bits per heavy atom. The molecule has 232 valence electrons. The van der Waals surface area contributed by atoms with E-state index in [1.807, 2.05) is 12.1 Å². The quantitative estimate of drug-likeness (QED) is 0.214. The van der Waals surface area contributed by atoms with Gasteiger partial charge in [0.25, 0.3) is 0 Å². The average molecular weight is 612 g/mol. The largest absolute Gasteiger partial charge is 0.454 e. The number of anilines is 2. The highest BCUT2D eigenvalue weighted by Gasteiger charge is 2.46. The molecular formula is C45H41NO. The van der Waals surface area contributed by atoms with Gasteiger partial charge in [-0.3, -0.25) is 0 Å². The van der Waals surface area contributed by atoms with E-state index < -0.39 is 5.41 Å². The summed E-state index contributed by atoms with van der Waals surface area (Å²) in [6.07, 6.45) is 0. The normalized spacial score (nSPS) is 13.9. The van der Waals surface area contributed by atoms with Crippen LogP contribution < -0.4 is 5.32 Å². The molecule has 1 aliphatic carbocycles. The van der Waals surface area contributed by atoms with Gasteiger partial charge in [-0.05, 0) is 79.6 Å². The molecule has 2 nitrogen and oxygen atoms in total. The highest BCUT2D eigenvalue weighted by atomic mass is 16.3. The van der Waals surface area contributed by atoms with Gasteiger partial charge in [-0.15, -0.1) is 0 Å². The number of fused-ring (bicyclic) bond motifs is 6. The maximum Gasteiger partial charge on any atom is 0.158 e. The van der Waals surface area contributed by atoms with Crippen molar-refractivity contribution in [2.75, 3.05) is 5.32 Å². The molecule has 0 atom stereocenters. The number of rotatable bonds is 4. The van der Waals surface area contributed by atoms with E-state index in [0.717, 1.165) is 33.3 Å². The van der Waals surface area contributed by atoms with Crippen molar-refractivity contribution in [1.82, 2.24) is 0 Å². The van der Waals surface area contributed by atoms with E-state index in [-0.39, 0.29) is 10.8 Å². The van der Waals surface area contributed by atoms with E-state index in [1.54, 1.807) is 0 Å². The van der Waals surface area contributed by atoms with Crippen LogP contribution in [0.3, 0.4) is 0 Å². The van der Waals surface area contributed by atoms with Gasteiger partial charge in [0.05, 0.1) is 11.1 Å². The average Bonchev–Trinajstić information content (AvgIpc) is 3.59. The molecule has 0 bridgehead atoms. The van der Waals surface area contributed by atoms with Gasteiger partial charge in [-0.25, -0.2) is 0 Å². The lowest BCUT2D eigenvalue weighted by Gasteiger charge is -2.35. The Hall–Kier alpha value is -5.08. The number of benzene rings is 6. The molecule has 0 radical (unpaired) electrons. The number of hydrogen-bond acceptors (Lipinski definition) is 2. The third-order valence-corrected chi connectivity index (χ3v) is 10.1. The van der Waals surface area contributed by atoms with E-state index >= 15 is 0 Å². The van der Waals surface area contributed by atoms with Crippen molar-refractivity contribution in [3.8, 4) is 11.1 Å². The molecule has 0 unspecified atom stereocenters. The summed E-state index contributed by atoms with van der Waals surface area (Å²) in [4.78, 5) is 0. The second-order valence-electron chi connectivity index (χ2n) is 15.1. The fraction of sp³-hybridized carbons (Fsp3) is 0.200. The van der Waals surface area contributed by atoms with Crippen LogP contribution in [0, 0.1) is 0 Å². The fourth-order valence-electron chi connectivity index (χ4n) is 7.59. The maximum absolute atomic E-state index is 6.39. The molecule has 0 saturated carbocycles. The fourth-order valence-corrected chi connectivity index (χ4v) is 7.59. The second kappa shape index (κ2) is 10.5. The van der Waals surface area contributed by atoms with Gasteiger partial charge < -0.3 is 9.73 Å². The van der Waals surface area contributed by atoms with Crippen molar-refractivity contribution in [3.05, 3.63) is 167 Å². The van der Waals surface area contributed by atoms with Crippen LogP contribution in [0.15, 0.2) is 138 Å². The first-order valence-electron chi connectivity index (χ1n) is 16.7. The van der Waals surface area contributed by atoms with Gasteiger partial charge in [0.15, 0.2) is 5.58 Å². The highest BCUT2D eigenvalue weighted by Crippen LogP contribution is 2.57. The van der Waals surface area contributed by atoms with E-state index in [0.29, 0.717) is 0 Å². The van der Waals surface area contributed by atoms with Crippen LogP contribution in [-0.2, 0) is 16.2 Å². The molecule has 0 amide bonds. The highest BCUT2D eigenvalue weighted by molar-refractivity contribution is 6.09. The van der Waals surface area contributed by atoms with Crippen molar-refractivity contribution < 1.29 is 4.42 Å². The van der Waals surface area contributed by atoms with Crippen LogP contribution in [0.25, 0.3) is 33.1 Å². The van der Waals surface area contributed by atoms with Gasteiger partial charge in [-0.1, -0.05) is 151 Å². The van der Waals surface area contributed by atoms with E-state index in [9.17, 15) is 0 Å². The minimum atomic E-state index is -0.484. The van der Waals surface area contributed by atoms with Gasteiger partial charge in [0.1, 0.15) is 5.58 Å². The van der Waals surface area contributed by atoms with Crippen molar-refractivity contribution in [2.45, 2.75) is 57.8 Å². The molecule has 2 heteroatoms. The molecular weight excluding hydrogens is 571 g/mol. The SMILES string of the molecule is CC(C)(C)c1ccc(C2(c3ccc(C(C)(C)C)cc3)c3ccccc3-c3ccc(Nc4cccc5c4oc4ccccc45)cc32)cc1. The van der Waals surface area contributed by atoms with Gasteiger partial charge in [-0.2, -0.15) is 0 Å². The molecule has 0 fully saturated rings. The minimum absolute atomic E-state index is 0.0697. The Balaban J connectivity index is 1.35. The topological polar surface area (TPSA) is 25.2 Å². The summed E-state index contributed by atoms with van der Waals surface area (Å²) >= 11 is 0. The molecule has 6 aromatic carbocycles. The number of hydrogen-bond donors (Lipinski definition) is 1. The van der Waals surface area contributed by atoms with Crippen LogP contribution in [0.4, 0.5) is 11.4 Å². The van der Waals surface area contributed by atoms with E-state index in [2.05, 4.69) is 168 Å². The first kappa shape index (κ1) is 29.3. The zero-order valence-corrected chi connectivity index (χ0v) is 28.1. The predicted molar refractivity (Wildman–Crippen MR) is 198 cm³/mol. The number of nitrogens with one attached hydrogen (secondary N) is 1. The van der Waals surface area contributed by atoms with Crippen LogP contribution in [0.1, 0.15) is 74.9 Å². The lowest BCUT2D eigenvalue weighted by molar-refractivity contribution is 0.588. The molecule has 7 aromatic rings. The van der Waals surface area contributed by atoms with Gasteiger partial charge in [0.2, 0.25) is 0 Å². The second-order valence-corrected chi connectivity index (χ2v) is 15.1. The third-order valence-electron chi connectivity index (χ3n) is 10.1. The van der Waals surface area contributed by atoms with Crippen LogP contribution in [0.5, 0.6) is 0 Å². The molecule has 1 N–H and O–H groups in total. The number of para-hydroxylation sites is 2. The van der Waals surface area contributed by atoms with E-state index in [4.69, 9.17) is 4.42 Å². The molecule has 0 saturated heterocycles. The molecule has 0 spiro atoms. The smallest absolute Gasteiger partial charge is 0.158 e. The Bertz CT molecular complexity index is 2210. The van der Waals surface area contributed by atoms with Gasteiger partial charge >= 0.3 is 0 Å². The van der Waals surface area contributed by atoms with Gasteiger partial charge in [0, 0.05) is 16.5 Å². The first-order chi connectivity index (χ1) is 22.5. The summed E-state index contributed by atoms with van der Waals surface area (Å²) in [5.41, 5.74) is 13.8. The molecule has 0 aliphatic heterocycles. The first-order valence-corrected chi connectivity index (χ1v) is 16.7. The Kier molecular flexibility index (Phi) is 6.53. The minimum Gasteiger partial charge on any atom is -0.454 e. The Labute approximate surface area is 278 Å². The monoisotopic (exact) mass is 611 g/mol. The summed E-state index contributed by atoms with van der Waals surface area (Å²) in [5.74, 6) is 0. The van der Waals surface area contributed by atoms with E-state index in [1.165, 1.54) is 44.5 Å². The molecule has 1 heterocycles. The summed E-state index contributed by atoms with van der Waals surface area (Å²) < 4.78 is 6.39. The maximum atomic E-state index is 6.39. The summed E-state index contributed by atoms with van der Waals surface area (Å²) in [5, 5.41) is 6.02. The summed E-state index contributed by atoms with van der Waals surface area (Å²) in [6.45, 7) is 13.7. The van der Waals surface area contributed by atoms with Crippen LogP contribution in [0.2, 0.25) is 0 Å². The molecule has 1 aromatic heterocycles. The molecule has 8 rings (SSSR count). The standard InChI is InChI=1S/C45H41NO/c1-43(2,3)29-18-22-31(23-19-29)45(32-24-20-30(21-25-32)44(4,5)6)38-15-9-7-12-34(38)35-27-26-33(28-39(35)45)46-40-16-11-14-37-36-13-8-10-17-41(36)47-42(37)40/h7-28,46H,1-6H3. The number of furan rings is 1. The lowest BCUT2D eigenvalue weighted by atomic mass is 9.67. The van der Waals surface area contributed by atoms with Crippen molar-refractivity contribution >= 4 is 33.3 Å². The van der Waals surface area contributed by atoms with Crippen LogP contribution in [-0.4, -0.2) is 0 Å². The van der Waals surface area contributed by atoms with Crippen molar-refractivity contribution in [3.63, 3.8) is 0 Å². The zero-order chi connectivity index (χ0) is 32.6. The van der Waals surface area contributed by atoms with Crippen molar-refractivity contribution in [2.24, 2.45) is 0 Å². The van der Waals surface area contributed by atoms with Crippen LogP contribution >= 0.6 is 0 Å². The Morgan fingerprint density at radius 1 is 0.511 bits per heavy atom. The molecule has 47 heavy (non-hydrogen) atoms. The summed E-state index contributed by atoms with van der Waals surface area (Å²) in [6, 6.07) is 49.2. The van der Waals surface area contributed by atoms with Crippen molar-refractivity contribution in [1.29, 1.82) is 0 Å².